The summed E-state index contributed by atoms with van der Waals surface area (Å²) in [6.07, 6.45) is 2.30. The van der Waals surface area contributed by atoms with Crippen LogP contribution in [0.25, 0.3) is 0 Å². The van der Waals surface area contributed by atoms with Gasteiger partial charge in [0.25, 0.3) is 0 Å². The number of rotatable bonds is 6. The number of hydrogen-bond donors (Lipinski definition) is 2. The molecule has 20 heavy (non-hydrogen) atoms. The highest BCUT2D eigenvalue weighted by Crippen LogP contribution is 2.16. The van der Waals surface area contributed by atoms with Gasteiger partial charge in [-0.25, -0.2) is 4.79 Å². The van der Waals surface area contributed by atoms with Crippen molar-refractivity contribution in [1.29, 1.82) is 0 Å². The van der Waals surface area contributed by atoms with Gasteiger partial charge in [0.15, 0.2) is 0 Å². The molecule has 1 heterocycles. The summed E-state index contributed by atoms with van der Waals surface area (Å²) in [6.45, 7) is 7.89. The van der Waals surface area contributed by atoms with Gasteiger partial charge in [0.1, 0.15) is 0 Å². The molecular weight excluding hydrogens is 260 g/mol. The first-order chi connectivity index (χ1) is 9.35. The van der Waals surface area contributed by atoms with Crippen LogP contribution in [0.1, 0.15) is 40.0 Å². The average Bonchev–Trinajstić information content (AvgIpc) is 2.43. The summed E-state index contributed by atoms with van der Waals surface area (Å²) in [5, 5.41) is 11.8. The maximum absolute atomic E-state index is 11.9. The molecule has 0 bridgehead atoms. The first-order valence-electron chi connectivity index (χ1n) is 7.25. The minimum Gasteiger partial charge on any atom is -0.481 e. The van der Waals surface area contributed by atoms with Gasteiger partial charge in [0.2, 0.25) is 0 Å². The molecule has 1 rings (SSSR count). The molecule has 6 heteroatoms. The number of carboxylic acids is 1. The van der Waals surface area contributed by atoms with Gasteiger partial charge < -0.3 is 20.1 Å². The first-order valence-corrected chi connectivity index (χ1v) is 7.25. The molecule has 1 unspecified atom stereocenters. The predicted octanol–water partition coefficient (Wildman–Crippen LogP) is 1.70. The zero-order chi connectivity index (χ0) is 15.2. The number of aliphatic carboxylic acids is 1. The molecule has 1 aliphatic heterocycles. The number of likely N-dealkylation sites (tertiary alicyclic amines) is 1. The molecule has 0 aromatic rings. The Morgan fingerprint density at radius 2 is 2.15 bits per heavy atom. The molecule has 0 aromatic carbocycles. The monoisotopic (exact) mass is 286 g/mol. The number of carbonyl (C=O) groups is 2. The van der Waals surface area contributed by atoms with Gasteiger partial charge in [-0.1, -0.05) is 6.92 Å². The molecule has 2 amide bonds. The van der Waals surface area contributed by atoms with Crippen LogP contribution in [0.3, 0.4) is 0 Å². The van der Waals surface area contributed by atoms with Gasteiger partial charge >= 0.3 is 12.0 Å². The third kappa shape index (κ3) is 5.36. The maximum atomic E-state index is 11.9. The van der Waals surface area contributed by atoms with E-state index in [1.807, 2.05) is 13.8 Å². The number of nitrogens with one attached hydrogen (secondary N) is 1. The summed E-state index contributed by atoms with van der Waals surface area (Å²) in [5.41, 5.74) is -0.176. The van der Waals surface area contributed by atoms with E-state index < -0.39 is 11.9 Å². The van der Waals surface area contributed by atoms with Crippen molar-refractivity contribution in [3.63, 3.8) is 0 Å². The van der Waals surface area contributed by atoms with Crippen LogP contribution in [-0.4, -0.2) is 53.8 Å². The van der Waals surface area contributed by atoms with Crippen molar-refractivity contribution in [2.24, 2.45) is 5.92 Å². The van der Waals surface area contributed by atoms with Gasteiger partial charge in [0, 0.05) is 19.6 Å². The normalized spacial score (nSPS) is 19.8. The SMILES string of the molecule is CCC(C)(C)OCCNC(=O)N1CCCC(C(=O)O)C1. The molecule has 0 saturated carbocycles. The van der Waals surface area contributed by atoms with Crippen molar-refractivity contribution in [3.8, 4) is 0 Å². The summed E-state index contributed by atoms with van der Waals surface area (Å²) in [7, 11) is 0. The molecule has 6 nitrogen and oxygen atoms in total. The molecule has 0 spiro atoms. The lowest BCUT2D eigenvalue weighted by molar-refractivity contribution is -0.143. The molecule has 2 N–H and O–H groups in total. The molecule has 0 radical (unpaired) electrons. The van der Waals surface area contributed by atoms with Crippen molar-refractivity contribution >= 4 is 12.0 Å². The summed E-state index contributed by atoms with van der Waals surface area (Å²) in [6, 6.07) is -0.200. The maximum Gasteiger partial charge on any atom is 0.317 e. The summed E-state index contributed by atoms with van der Waals surface area (Å²) in [5.74, 6) is -1.26. The number of amides is 2. The van der Waals surface area contributed by atoms with Gasteiger partial charge in [-0.3, -0.25) is 4.79 Å². The van der Waals surface area contributed by atoms with Gasteiger partial charge in [-0.15, -0.1) is 0 Å². The van der Waals surface area contributed by atoms with E-state index in [4.69, 9.17) is 9.84 Å². The van der Waals surface area contributed by atoms with E-state index in [2.05, 4.69) is 12.2 Å². The van der Waals surface area contributed by atoms with E-state index in [1.54, 1.807) is 4.90 Å². The number of ether oxygens (including phenoxy) is 1. The van der Waals surface area contributed by atoms with Gasteiger partial charge in [0.05, 0.1) is 18.1 Å². The fraction of sp³-hybridized carbons (Fsp3) is 0.857. The van der Waals surface area contributed by atoms with Crippen LogP contribution in [0.4, 0.5) is 4.79 Å². The minimum atomic E-state index is -0.824. The Labute approximate surface area is 120 Å². The Morgan fingerprint density at radius 1 is 1.45 bits per heavy atom. The standard InChI is InChI=1S/C14H26N2O4/c1-4-14(2,3)20-9-7-15-13(19)16-8-5-6-11(10-16)12(17)18/h11H,4-10H2,1-3H3,(H,15,19)(H,17,18). The smallest absolute Gasteiger partial charge is 0.317 e. The van der Waals surface area contributed by atoms with Gasteiger partial charge in [-0.2, -0.15) is 0 Å². The van der Waals surface area contributed by atoms with Crippen molar-refractivity contribution in [3.05, 3.63) is 0 Å². The van der Waals surface area contributed by atoms with E-state index in [0.717, 1.165) is 12.8 Å². The number of urea groups is 1. The lowest BCUT2D eigenvalue weighted by atomic mass is 9.99. The summed E-state index contributed by atoms with van der Waals surface area (Å²) < 4.78 is 5.65. The second-order valence-electron chi connectivity index (χ2n) is 5.82. The number of piperidine rings is 1. The Bertz CT molecular complexity index is 344. The topological polar surface area (TPSA) is 78.9 Å². The zero-order valence-electron chi connectivity index (χ0n) is 12.6. The Kier molecular flexibility index (Phi) is 6.26. The highest BCUT2D eigenvalue weighted by molar-refractivity contribution is 5.76. The van der Waals surface area contributed by atoms with Gasteiger partial charge in [-0.05, 0) is 33.1 Å². The largest absolute Gasteiger partial charge is 0.481 e. The van der Waals surface area contributed by atoms with Crippen molar-refractivity contribution in [1.82, 2.24) is 10.2 Å². The molecule has 1 fully saturated rings. The van der Waals surface area contributed by atoms with Crippen LogP contribution < -0.4 is 5.32 Å². The number of carbonyl (C=O) groups excluding carboxylic acids is 1. The summed E-state index contributed by atoms with van der Waals surface area (Å²) in [4.78, 5) is 24.5. The number of nitrogens with zero attached hydrogens (tertiary/aromatic N) is 1. The van der Waals surface area contributed by atoms with Crippen LogP contribution in [-0.2, 0) is 9.53 Å². The van der Waals surface area contributed by atoms with Crippen LogP contribution in [0.5, 0.6) is 0 Å². The minimum absolute atomic E-state index is 0.176. The van der Waals surface area contributed by atoms with Crippen LogP contribution in [0.15, 0.2) is 0 Å². The average molecular weight is 286 g/mol. The molecule has 116 valence electrons. The van der Waals surface area contributed by atoms with E-state index in [-0.39, 0.29) is 11.6 Å². The number of carboxylic acid groups (broad SMARTS) is 1. The molecule has 1 saturated heterocycles. The molecule has 0 aliphatic carbocycles. The molecule has 1 aliphatic rings. The van der Waals surface area contributed by atoms with Crippen LogP contribution in [0.2, 0.25) is 0 Å². The molecule has 0 aromatic heterocycles. The van der Waals surface area contributed by atoms with E-state index in [1.165, 1.54) is 0 Å². The Morgan fingerprint density at radius 3 is 2.75 bits per heavy atom. The zero-order valence-corrected chi connectivity index (χ0v) is 12.6. The fourth-order valence-corrected chi connectivity index (χ4v) is 2.06. The lowest BCUT2D eigenvalue weighted by Gasteiger charge is -2.31. The van der Waals surface area contributed by atoms with E-state index in [0.29, 0.717) is 32.7 Å². The second kappa shape index (κ2) is 7.47. The quantitative estimate of drug-likeness (QED) is 0.728. The molecule has 1 atom stereocenters. The van der Waals surface area contributed by atoms with E-state index in [9.17, 15) is 9.59 Å². The fourth-order valence-electron chi connectivity index (χ4n) is 2.06. The third-order valence-corrected chi connectivity index (χ3v) is 3.78. The first kappa shape index (κ1) is 16.8. The van der Waals surface area contributed by atoms with Crippen LogP contribution in [0, 0.1) is 5.92 Å². The van der Waals surface area contributed by atoms with Crippen LogP contribution >= 0.6 is 0 Å². The Balaban J connectivity index is 2.27. The van der Waals surface area contributed by atoms with Crippen molar-refractivity contribution in [2.45, 2.75) is 45.6 Å². The highest BCUT2D eigenvalue weighted by Gasteiger charge is 2.27. The second-order valence-corrected chi connectivity index (χ2v) is 5.82. The third-order valence-electron chi connectivity index (χ3n) is 3.78. The predicted molar refractivity (Wildman–Crippen MR) is 75.7 cm³/mol. The van der Waals surface area contributed by atoms with E-state index >= 15 is 0 Å². The molecular formula is C14H26N2O4. The lowest BCUT2D eigenvalue weighted by Crippen LogP contribution is -2.47. The van der Waals surface area contributed by atoms with Crippen molar-refractivity contribution in [2.75, 3.05) is 26.2 Å². The van der Waals surface area contributed by atoms with Crippen molar-refractivity contribution < 1.29 is 19.4 Å². The summed E-state index contributed by atoms with van der Waals surface area (Å²) >= 11 is 0. The highest BCUT2D eigenvalue weighted by atomic mass is 16.5. The Hall–Kier alpha value is -1.30. The number of hydrogen-bond acceptors (Lipinski definition) is 3.